The monoisotopic (exact) mass is 275 g/mol. The fourth-order valence-corrected chi connectivity index (χ4v) is 2.03. The van der Waals surface area contributed by atoms with Gasteiger partial charge in [0, 0.05) is 5.69 Å². The van der Waals surface area contributed by atoms with Crippen LogP contribution in [0.15, 0.2) is 78.9 Å². The highest BCUT2D eigenvalue weighted by Crippen LogP contribution is 2.17. The molecule has 0 aliphatic rings. The highest BCUT2D eigenvalue weighted by atomic mass is 14.5. The Morgan fingerprint density at radius 1 is 0.571 bits per heavy atom. The van der Waals surface area contributed by atoms with Crippen molar-refractivity contribution in [2.75, 3.05) is 5.73 Å². The Morgan fingerprint density at radius 3 is 1.43 bits per heavy atom. The normalized spacial score (nSPS) is 9.62. The highest BCUT2D eigenvalue weighted by Gasteiger charge is 1.92. The second-order valence-electron chi connectivity index (χ2n) is 5.08. The number of nitrogens with two attached hydrogens (primary N) is 1. The molecule has 0 radical (unpaired) electrons. The number of hydrogen-bond acceptors (Lipinski definition) is 1. The molecule has 3 rings (SSSR count). The van der Waals surface area contributed by atoms with Crippen LogP contribution in [0.2, 0.25) is 0 Å². The molecule has 2 N–H and O–H groups in total. The molecule has 0 bridgehead atoms. The molecule has 106 valence electrons. The molecule has 0 saturated heterocycles. The first-order valence-corrected chi connectivity index (χ1v) is 7.10. The molecular formula is C20H21N. The highest BCUT2D eigenvalue weighted by molar-refractivity contribution is 5.62. The third-order valence-electron chi connectivity index (χ3n) is 3.41. The number of benzene rings is 3. The van der Waals surface area contributed by atoms with Gasteiger partial charge in [-0.2, -0.15) is 0 Å². The van der Waals surface area contributed by atoms with Crippen molar-refractivity contribution in [2.24, 2.45) is 0 Å². The maximum Gasteiger partial charge on any atom is 0.0316 e. The third kappa shape index (κ3) is 4.50. The van der Waals surface area contributed by atoms with Crippen LogP contribution < -0.4 is 5.73 Å². The average Bonchev–Trinajstić information content (AvgIpc) is 2.54. The van der Waals surface area contributed by atoms with Crippen molar-refractivity contribution in [3.05, 3.63) is 90.0 Å². The zero-order valence-corrected chi connectivity index (χ0v) is 12.6. The van der Waals surface area contributed by atoms with Crippen LogP contribution >= 0.6 is 0 Å². The smallest absolute Gasteiger partial charge is 0.0316 e. The van der Waals surface area contributed by atoms with Gasteiger partial charge < -0.3 is 5.73 Å². The summed E-state index contributed by atoms with van der Waals surface area (Å²) in [5.74, 6) is 0. The Labute approximate surface area is 127 Å². The zero-order valence-electron chi connectivity index (χ0n) is 12.6. The van der Waals surface area contributed by atoms with Gasteiger partial charge in [0.25, 0.3) is 0 Å². The molecular weight excluding hydrogens is 254 g/mol. The van der Waals surface area contributed by atoms with E-state index in [1.54, 1.807) is 0 Å². The van der Waals surface area contributed by atoms with Gasteiger partial charge in [-0.1, -0.05) is 66.7 Å². The molecule has 0 heterocycles. The number of hydrogen-bond donors (Lipinski definition) is 1. The van der Waals surface area contributed by atoms with Gasteiger partial charge in [-0.25, -0.2) is 0 Å². The average molecular weight is 275 g/mol. The summed E-state index contributed by atoms with van der Waals surface area (Å²) in [4.78, 5) is 0. The van der Waals surface area contributed by atoms with Gasteiger partial charge in [-0.15, -0.1) is 0 Å². The number of rotatable bonds is 1. The summed E-state index contributed by atoms with van der Waals surface area (Å²) in [6.45, 7) is 4.14. The maximum atomic E-state index is 5.53. The van der Waals surface area contributed by atoms with E-state index in [9.17, 15) is 0 Å². The van der Waals surface area contributed by atoms with Crippen molar-refractivity contribution < 1.29 is 0 Å². The summed E-state index contributed by atoms with van der Waals surface area (Å²) in [5, 5.41) is 0. The molecule has 1 nitrogen and oxygen atoms in total. The van der Waals surface area contributed by atoms with Gasteiger partial charge >= 0.3 is 0 Å². The summed E-state index contributed by atoms with van der Waals surface area (Å²) in [6.07, 6.45) is 0. The third-order valence-corrected chi connectivity index (χ3v) is 3.41. The van der Waals surface area contributed by atoms with Crippen LogP contribution in [-0.4, -0.2) is 0 Å². The number of aryl methyl sites for hydroxylation is 2. The molecule has 0 saturated carbocycles. The summed E-state index contributed by atoms with van der Waals surface area (Å²) in [5.41, 5.74) is 11.5. The predicted octanol–water partition coefficient (Wildman–Crippen LogP) is 5.24. The minimum atomic E-state index is 0.845. The van der Waals surface area contributed by atoms with E-state index in [1.807, 2.05) is 30.3 Å². The van der Waals surface area contributed by atoms with Crippen LogP contribution in [0.3, 0.4) is 0 Å². The van der Waals surface area contributed by atoms with Gasteiger partial charge in [-0.05, 0) is 48.2 Å². The van der Waals surface area contributed by atoms with Crippen LogP contribution in [0.25, 0.3) is 11.1 Å². The second kappa shape index (κ2) is 7.30. The van der Waals surface area contributed by atoms with E-state index < -0.39 is 0 Å². The second-order valence-corrected chi connectivity index (χ2v) is 5.08. The molecule has 0 amide bonds. The standard InChI is InChI=1S/C12H10.C8H11N/c1-3-7-11(8-4-1)12-9-5-2-6-10-12;1-6-3-4-8(9)5-7(6)2/h1-10H;3-5H,9H2,1-2H3. The molecule has 1 heteroatoms. The van der Waals surface area contributed by atoms with Crippen LogP contribution in [0, 0.1) is 13.8 Å². The molecule has 0 unspecified atom stereocenters. The molecule has 0 aromatic heterocycles. The summed E-state index contributed by atoms with van der Waals surface area (Å²) >= 11 is 0. The van der Waals surface area contributed by atoms with Gasteiger partial charge in [0.2, 0.25) is 0 Å². The Hall–Kier alpha value is -2.54. The lowest BCUT2D eigenvalue weighted by Gasteiger charge is -1.98. The Balaban J connectivity index is 0.000000161. The lowest BCUT2D eigenvalue weighted by molar-refractivity contribution is 1.34. The van der Waals surface area contributed by atoms with E-state index in [1.165, 1.54) is 22.3 Å². The minimum Gasteiger partial charge on any atom is -0.399 e. The molecule has 0 fully saturated rings. The molecule has 3 aromatic carbocycles. The van der Waals surface area contributed by atoms with Crippen molar-refractivity contribution in [2.45, 2.75) is 13.8 Å². The van der Waals surface area contributed by atoms with Gasteiger partial charge in [-0.3, -0.25) is 0 Å². The molecule has 21 heavy (non-hydrogen) atoms. The van der Waals surface area contributed by atoms with Gasteiger partial charge in [0.05, 0.1) is 0 Å². The fourth-order valence-electron chi connectivity index (χ4n) is 2.03. The van der Waals surface area contributed by atoms with E-state index >= 15 is 0 Å². The predicted molar refractivity (Wildman–Crippen MR) is 92.2 cm³/mol. The van der Waals surface area contributed by atoms with E-state index in [0.717, 1.165) is 5.69 Å². The first kappa shape index (κ1) is 14.9. The maximum absolute atomic E-state index is 5.53. The molecule has 0 spiro atoms. The summed E-state index contributed by atoms with van der Waals surface area (Å²) in [6, 6.07) is 26.7. The SMILES string of the molecule is Cc1ccc(N)cc1C.c1ccc(-c2ccccc2)cc1. The van der Waals surface area contributed by atoms with E-state index in [4.69, 9.17) is 5.73 Å². The van der Waals surface area contributed by atoms with Crippen molar-refractivity contribution in [3.63, 3.8) is 0 Å². The quantitative estimate of drug-likeness (QED) is 0.604. The van der Waals surface area contributed by atoms with Crippen molar-refractivity contribution in [1.82, 2.24) is 0 Å². The van der Waals surface area contributed by atoms with Crippen LogP contribution in [-0.2, 0) is 0 Å². The largest absolute Gasteiger partial charge is 0.399 e. The molecule has 3 aromatic rings. The van der Waals surface area contributed by atoms with Crippen molar-refractivity contribution in [1.29, 1.82) is 0 Å². The number of anilines is 1. The van der Waals surface area contributed by atoms with Crippen LogP contribution in [0.5, 0.6) is 0 Å². The van der Waals surface area contributed by atoms with Gasteiger partial charge in [0.15, 0.2) is 0 Å². The summed E-state index contributed by atoms with van der Waals surface area (Å²) < 4.78 is 0. The minimum absolute atomic E-state index is 0.845. The van der Waals surface area contributed by atoms with E-state index in [-0.39, 0.29) is 0 Å². The Bertz CT molecular complexity index is 635. The van der Waals surface area contributed by atoms with E-state index in [0.29, 0.717) is 0 Å². The van der Waals surface area contributed by atoms with E-state index in [2.05, 4.69) is 62.4 Å². The molecule has 0 aliphatic carbocycles. The Morgan fingerprint density at radius 2 is 1.05 bits per heavy atom. The topological polar surface area (TPSA) is 26.0 Å². The van der Waals surface area contributed by atoms with Crippen molar-refractivity contribution >= 4 is 5.69 Å². The fraction of sp³-hybridized carbons (Fsp3) is 0.100. The first-order valence-electron chi connectivity index (χ1n) is 7.10. The van der Waals surface area contributed by atoms with Crippen LogP contribution in [0.4, 0.5) is 5.69 Å². The number of nitrogen functional groups attached to an aromatic ring is 1. The van der Waals surface area contributed by atoms with Crippen LogP contribution in [0.1, 0.15) is 11.1 Å². The van der Waals surface area contributed by atoms with Crippen molar-refractivity contribution in [3.8, 4) is 11.1 Å². The molecule has 0 aliphatic heterocycles. The van der Waals surface area contributed by atoms with Gasteiger partial charge in [0.1, 0.15) is 0 Å². The summed E-state index contributed by atoms with van der Waals surface area (Å²) in [7, 11) is 0. The zero-order chi connectivity index (χ0) is 15.1. The molecule has 0 atom stereocenters. The lowest BCUT2D eigenvalue weighted by Crippen LogP contribution is -1.86. The lowest BCUT2D eigenvalue weighted by atomic mass is 10.1. The first-order chi connectivity index (χ1) is 10.2. The Kier molecular flexibility index (Phi) is 5.16.